The molecule has 0 fully saturated rings. The number of benzene rings is 2. The van der Waals surface area contributed by atoms with Gasteiger partial charge in [-0.3, -0.25) is 19.7 Å². The van der Waals surface area contributed by atoms with Crippen LogP contribution in [0.5, 0.6) is 0 Å². The maximum atomic E-state index is 12.4. The van der Waals surface area contributed by atoms with Gasteiger partial charge in [0.25, 0.3) is 11.6 Å². The highest BCUT2D eigenvalue weighted by Crippen LogP contribution is 2.15. The first-order chi connectivity index (χ1) is 14.0. The minimum absolute atomic E-state index is 0.0220. The average molecular weight is 395 g/mol. The Morgan fingerprint density at radius 3 is 2.48 bits per heavy atom. The highest BCUT2D eigenvalue weighted by atomic mass is 16.6. The third-order valence-corrected chi connectivity index (χ3v) is 4.36. The van der Waals surface area contributed by atoms with E-state index in [-0.39, 0.29) is 23.9 Å². The van der Waals surface area contributed by atoms with Crippen molar-refractivity contribution in [1.29, 1.82) is 0 Å². The number of carbonyl (C=O) groups is 2. The predicted molar refractivity (Wildman–Crippen MR) is 108 cm³/mol. The number of nitrogens with one attached hydrogen (secondary N) is 2. The summed E-state index contributed by atoms with van der Waals surface area (Å²) in [5, 5.41) is 22.1. The largest absolute Gasteiger partial charge is 0.383 e. The summed E-state index contributed by atoms with van der Waals surface area (Å²) in [7, 11) is 0. The fourth-order valence-corrected chi connectivity index (χ4v) is 2.83. The molecule has 1 heterocycles. The molecule has 9 nitrogen and oxygen atoms in total. The number of hydrazone groups is 1. The highest BCUT2D eigenvalue weighted by molar-refractivity contribution is 6.39. The van der Waals surface area contributed by atoms with Crippen LogP contribution in [0.4, 0.5) is 11.4 Å². The lowest BCUT2D eigenvalue weighted by atomic mass is 10.1. The van der Waals surface area contributed by atoms with Crippen molar-refractivity contribution in [2.24, 2.45) is 5.10 Å². The van der Waals surface area contributed by atoms with Gasteiger partial charge in [0.05, 0.1) is 11.5 Å². The Balaban J connectivity index is 1.48. The van der Waals surface area contributed by atoms with Crippen molar-refractivity contribution in [3.05, 3.63) is 70.3 Å². The number of nitro groups is 1. The lowest BCUT2D eigenvalue weighted by Crippen LogP contribution is -2.40. The quantitative estimate of drug-likeness (QED) is 0.404. The van der Waals surface area contributed by atoms with Gasteiger partial charge in [0.2, 0.25) is 5.91 Å². The van der Waals surface area contributed by atoms with Gasteiger partial charge in [-0.25, -0.2) is 5.01 Å². The molecule has 2 aromatic rings. The molecule has 150 valence electrons. The van der Waals surface area contributed by atoms with Crippen molar-refractivity contribution >= 4 is 28.9 Å². The second-order valence-electron chi connectivity index (χ2n) is 6.47. The van der Waals surface area contributed by atoms with Crippen molar-refractivity contribution in [2.75, 3.05) is 18.4 Å². The van der Waals surface area contributed by atoms with E-state index in [4.69, 9.17) is 0 Å². The molecule has 0 atom stereocenters. The number of hydrogen-bond acceptors (Lipinski definition) is 6. The number of amides is 2. The van der Waals surface area contributed by atoms with Crippen LogP contribution in [-0.2, 0) is 16.1 Å². The predicted octanol–water partition coefficient (Wildman–Crippen LogP) is 2.30. The third-order valence-electron chi connectivity index (χ3n) is 4.36. The average Bonchev–Trinajstić information content (AvgIpc) is 2.73. The smallest absolute Gasteiger partial charge is 0.269 e. The van der Waals surface area contributed by atoms with Crippen molar-refractivity contribution in [3.63, 3.8) is 0 Å². The molecular weight excluding hydrogens is 374 g/mol. The van der Waals surface area contributed by atoms with Gasteiger partial charge in [-0.2, -0.15) is 5.10 Å². The van der Waals surface area contributed by atoms with Crippen LogP contribution in [-0.4, -0.2) is 40.5 Å². The van der Waals surface area contributed by atoms with E-state index >= 15 is 0 Å². The van der Waals surface area contributed by atoms with Crippen molar-refractivity contribution in [1.82, 2.24) is 10.3 Å². The molecule has 29 heavy (non-hydrogen) atoms. The summed E-state index contributed by atoms with van der Waals surface area (Å²) in [5.74, 6) is -0.411. The van der Waals surface area contributed by atoms with Crippen LogP contribution in [0.1, 0.15) is 18.4 Å². The normalized spacial score (nSPS) is 13.6. The zero-order valence-electron chi connectivity index (χ0n) is 15.7. The van der Waals surface area contributed by atoms with E-state index in [1.807, 2.05) is 30.3 Å². The minimum atomic E-state index is -0.458. The molecule has 0 aromatic heterocycles. The third kappa shape index (κ3) is 5.61. The summed E-state index contributed by atoms with van der Waals surface area (Å²) < 4.78 is 0. The van der Waals surface area contributed by atoms with Crippen LogP contribution in [0, 0.1) is 10.1 Å². The molecule has 2 N–H and O–H groups in total. The zero-order valence-corrected chi connectivity index (χ0v) is 15.7. The number of anilines is 1. The first kappa shape index (κ1) is 20.0. The lowest BCUT2D eigenvalue weighted by Gasteiger charge is -2.23. The van der Waals surface area contributed by atoms with Crippen LogP contribution in [0.2, 0.25) is 0 Å². The van der Waals surface area contributed by atoms with Crippen LogP contribution in [0.3, 0.4) is 0 Å². The number of rotatable bonds is 8. The van der Waals surface area contributed by atoms with Gasteiger partial charge in [0.1, 0.15) is 5.71 Å². The van der Waals surface area contributed by atoms with Gasteiger partial charge in [-0.15, -0.1) is 0 Å². The zero-order chi connectivity index (χ0) is 20.6. The van der Waals surface area contributed by atoms with Gasteiger partial charge >= 0.3 is 0 Å². The van der Waals surface area contributed by atoms with E-state index < -0.39 is 4.92 Å². The number of hydrogen-bond donors (Lipinski definition) is 2. The van der Waals surface area contributed by atoms with E-state index in [0.717, 1.165) is 11.3 Å². The molecule has 0 saturated heterocycles. The monoisotopic (exact) mass is 395 g/mol. The number of nitro benzene ring substituents is 1. The highest BCUT2D eigenvalue weighted by Gasteiger charge is 2.24. The molecule has 3 rings (SSSR count). The fraction of sp³-hybridized carbons (Fsp3) is 0.250. The van der Waals surface area contributed by atoms with Gasteiger partial charge in [0.15, 0.2) is 0 Å². The van der Waals surface area contributed by atoms with Gasteiger partial charge in [0, 0.05) is 43.8 Å². The van der Waals surface area contributed by atoms with Gasteiger partial charge in [-0.05, 0) is 17.7 Å². The summed E-state index contributed by atoms with van der Waals surface area (Å²) in [6.07, 6.45) is 0.561. The molecular formula is C20H21N5O4. The number of nitrogens with zero attached hydrogens (tertiary/aromatic N) is 3. The standard InChI is InChI=1S/C20H21N5O4/c26-19-11-10-18(23-24(19)14-15-4-2-1-3-5-15)20(27)22-13-12-21-16-6-8-17(9-7-16)25(28)29/h1-9,21H,10-14H2,(H,22,27). The van der Waals surface area contributed by atoms with E-state index in [0.29, 0.717) is 31.8 Å². The number of carbonyl (C=O) groups excluding carboxylic acids is 2. The van der Waals surface area contributed by atoms with Crippen LogP contribution in [0.25, 0.3) is 0 Å². The Labute approximate surface area is 167 Å². The summed E-state index contributed by atoms with van der Waals surface area (Å²) in [6, 6.07) is 15.5. The molecule has 0 unspecified atom stereocenters. The Bertz CT molecular complexity index is 912. The molecule has 0 saturated carbocycles. The van der Waals surface area contributed by atoms with Crippen molar-refractivity contribution in [2.45, 2.75) is 19.4 Å². The summed E-state index contributed by atoms with van der Waals surface area (Å²) >= 11 is 0. The van der Waals surface area contributed by atoms with Gasteiger partial charge < -0.3 is 10.6 Å². The molecule has 1 aliphatic rings. The first-order valence-electron chi connectivity index (χ1n) is 9.21. The summed E-state index contributed by atoms with van der Waals surface area (Å²) in [6.45, 7) is 1.13. The maximum absolute atomic E-state index is 12.4. The Morgan fingerprint density at radius 2 is 1.79 bits per heavy atom. The summed E-state index contributed by atoms with van der Waals surface area (Å²) in [4.78, 5) is 34.6. The van der Waals surface area contributed by atoms with Crippen LogP contribution < -0.4 is 10.6 Å². The van der Waals surface area contributed by atoms with Crippen LogP contribution >= 0.6 is 0 Å². The molecule has 0 spiro atoms. The van der Waals surface area contributed by atoms with E-state index in [9.17, 15) is 19.7 Å². The minimum Gasteiger partial charge on any atom is -0.383 e. The van der Waals surface area contributed by atoms with E-state index in [1.165, 1.54) is 17.1 Å². The topological polar surface area (TPSA) is 117 Å². The molecule has 9 heteroatoms. The number of non-ortho nitro benzene ring substituents is 1. The van der Waals surface area contributed by atoms with Gasteiger partial charge in [-0.1, -0.05) is 30.3 Å². The molecule has 2 aromatic carbocycles. The molecule has 0 aliphatic carbocycles. The van der Waals surface area contributed by atoms with E-state index in [2.05, 4.69) is 15.7 Å². The lowest BCUT2D eigenvalue weighted by molar-refractivity contribution is -0.384. The SMILES string of the molecule is O=C(NCCNc1ccc([N+](=O)[O-])cc1)C1=NN(Cc2ccccc2)C(=O)CC1. The Hall–Kier alpha value is -3.75. The Morgan fingerprint density at radius 1 is 1.07 bits per heavy atom. The molecule has 2 amide bonds. The summed E-state index contributed by atoms with van der Waals surface area (Å²) in [5.41, 5.74) is 2.02. The second kappa shape index (κ2) is 9.45. The second-order valence-corrected chi connectivity index (χ2v) is 6.47. The van der Waals surface area contributed by atoms with E-state index in [1.54, 1.807) is 12.1 Å². The maximum Gasteiger partial charge on any atom is 0.269 e. The molecule has 0 radical (unpaired) electrons. The van der Waals surface area contributed by atoms with Crippen molar-refractivity contribution < 1.29 is 14.5 Å². The van der Waals surface area contributed by atoms with Crippen molar-refractivity contribution in [3.8, 4) is 0 Å². The molecule has 0 bridgehead atoms. The Kier molecular flexibility index (Phi) is 6.51. The van der Waals surface area contributed by atoms with Crippen LogP contribution in [0.15, 0.2) is 59.7 Å². The fourth-order valence-electron chi connectivity index (χ4n) is 2.83. The molecule has 1 aliphatic heterocycles. The first-order valence-corrected chi connectivity index (χ1v) is 9.21.